The van der Waals surface area contributed by atoms with Gasteiger partial charge in [-0.3, -0.25) is 24.6 Å². The smallest absolute Gasteiger partial charge is 0.322 e. The molecule has 2 saturated heterocycles. The van der Waals surface area contributed by atoms with Gasteiger partial charge in [-0.25, -0.2) is 0 Å². The molecular formula is C18H22N2O4S. The van der Waals surface area contributed by atoms with Crippen LogP contribution in [0, 0.1) is 0 Å². The van der Waals surface area contributed by atoms with Gasteiger partial charge in [0.25, 0.3) is 0 Å². The highest BCUT2D eigenvalue weighted by Crippen LogP contribution is 2.39. The normalized spacial score (nSPS) is 29.0. The van der Waals surface area contributed by atoms with Crippen LogP contribution in [0.25, 0.3) is 0 Å². The number of hydrogen-bond acceptors (Lipinski definition) is 5. The fourth-order valence-corrected chi connectivity index (χ4v) is 4.97. The molecule has 0 aliphatic carbocycles. The summed E-state index contributed by atoms with van der Waals surface area (Å²) in [7, 11) is 0. The Labute approximate surface area is 151 Å². The maximum absolute atomic E-state index is 12.9. The summed E-state index contributed by atoms with van der Waals surface area (Å²) < 4.78 is -0.503. The van der Waals surface area contributed by atoms with Crippen LogP contribution in [-0.4, -0.2) is 50.5 Å². The minimum Gasteiger partial charge on any atom is -0.480 e. The predicted molar refractivity (Wildman–Crippen MR) is 95.2 cm³/mol. The number of carboxylic acid groups (broad SMARTS) is 1. The number of carbonyl (C=O) groups is 3. The number of aliphatic carboxylic acids is 1. The van der Waals surface area contributed by atoms with E-state index in [1.807, 2.05) is 44.2 Å². The minimum absolute atomic E-state index is 0.184. The van der Waals surface area contributed by atoms with Gasteiger partial charge in [-0.2, -0.15) is 0 Å². The average Bonchev–Trinajstić information content (AvgIpc) is 2.87. The number of imide groups is 1. The summed E-state index contributed by atoms with van der Waals surface area (Å²) in [6.07, 6.45) is 0.848. The Balaban J connectivity index is 1.74. The van der Waals surface area contributed by atoms with Crippen molar-refractivity contribution < 1.29 is 19.5 Å². The third kappa shape index (κ3) is 3.57. The lowest BCUT2D eigenvalue weighted by atomic mass is 9.89. The van der Waals surface area contributed by atoms with Gasteiger partial charge in [0, 0.05) is 11.2 Å². The molecular weight excluding hydrogens is 340 g/mol. The van der Waals surface area contributed by atoms with Crippen molar-refractivity contribution in [2.24, 2.45) is 0 Å². The fraction of sp³-hybridized carbons (Fsp3) is 0.500. The minimum atomic E-state index is -0.918. The molecule has 0 spiro atoms. The molecule has 7 heteroatoms. The zero-order chi connectivity index (χ0) is 18.2. The number of nitrogens with zero attached hydrogens (tertiary/aromatic N) is 1. The lowest BCUT2D eigenvalue weighted by Gasteiger charge is -2.32. The van der Waals surface area contributed by atoms with Gasteiger partial charge in [-0.1, -0.05) is 30.3 Å². The van der Waals surface area contributed by atoms with Crippen LogP contribution in [0.1, 0.15) is 38.2 Å². The van der Waals surface area contributed by atoms with Gasteiger partial charge < -0.3 is 5.11 Å². The molecule has 1 unspecified atom stereocenters. The topological polar surface area (TPSA) is 86.7 Å². The standard InChI is InChI=1S/C18H22N2O4S/c1-18(2)15(17(23)24)19-13(25-18)10-20-14(21)9-8-12(16(20)22)11-6-4-3-5-7-11/h3-7,12-13,15,19H,8-10H2,1-2H3,(H,23,24)/t12?,13-,15-/m0/s1. The largest absolute Gasteiger partial charge is 0.480 e. The van der Waals surface area contributed by atoms with E-state index in [-0.39, 0.29) is 29.7 Å². The Morgan fingerprint density at radius 2 is 2.00 bits per heavy atom. The van der Waals surface area contributed by atoms with Crippen molar-refractivity contribution in [3.63, 3.8) is 0 Å². The Hall–Kier alpha value is -1.86. The number of likely N-dealkylation sites (tertiary alicyclic amines) is 1. The second-order valence-corrected chi connectivity index (χ2v) is 8.85. The predicted octanol–water partition coefficient (Wildman–Crippen LogP) is 1.81. The summed E-state index contributed by atoms with van der Waals surface area (Å²) in [5.41, 5.74) is 0.917. The molecule has 25 heavy (non-hydrogen) atoms. The number of amides is 2. The second kappa shape index (κ2) is 6.80. The van der Waals surface area contributed by atoms with Crippen molar-refractivity contribution in [3.8, 4) is 0 Å². The third-order valence-corrected chi connectivity index (χ3v) is 6.22. The molecule has 1 aromatic carbocycles. The maximum Gasteiger partial charge on any atom is 0.322 e. The highest BCUT2D eigenvalue weighted by Gasteiger charge is 2.47. The van der Waals surface area contributed by atoms with E-state index >= 15 is 0 Å². The van der Waals surface area contributed by atoms with Gasteiger partial charge in [0.2, 0.25) is 11.8 Å². The molecule has 2 aliphatic heterocycles. The zero-order valence-electron chi connectivity index (χ0n) is 14.3. The van der Waals surface area contributed by atoms with Crippen LogP contribution >= 0.6 is 11.8 Å². The van der Waals surface area contributed by atoms with E-state index < -0.39 is 16.8 Å². The Bertz CT molecular complexity index is 692. The van der Waals surface area contributed by atoms with Gasteiger partial charge >= 0.3 is 5.97 Å². The van der Waals surface area contributed by atoms with Gasteiger partial charge in [0.05, 0.1) is 17.8 Å². The molecule has 2 aliphatic rings. The molecule has 0 radical (unpaired) electrons. The molecule has 2 N–H and O–H groups in total. The molecule has 3 rings (SSSR count). The molecule has 2 heterocycles. The van der Waals surface area contributed by atoms with E-state index in [4.69, 9.17) is 0 Å². The summed E-state index contributed by atoms with van der Waals surface area (Å²) in [6, 6.07) is 8.77. The average molecular weight is 362 g/mol. The molecule has 2 amide bonds. The maximum atomic E-state index is 12.9. The lowest BCUT2D eigenvalue weighted by Crippen LogP contribution is -2.50. The van der Waals surface area contributed by atoms with Crippen LogP contribution in [0.5, 0.6) is 0 Å². The number of piperidine rings is 1. The van der Waals surface area contributed by atoms with Gasteiger partial charge in [0.1, 0.15) is 6.04 Å². The van der Waals surface area contributed by atoms with Crippen molar-refractivity contribution in [2.45, 2.75) is 48.8 Å². The van der Waals surface area contributed by atoms with Crippen LogP contribution in [-0.2, 0) is 14.4 Å². The monoisotopic (exact) mass is 362 g/mol. The Kier molecular flexibility index (Phi) is 4.88. The van der Waals surface area contributed by atoms with Crippen LogP contribution in [0.15, 0.2) is 30.3 Å². The number of nitrogens with one attached hydrogen (secondary N) is 1. The Morgan fingerprint density at radius 3 is 2.60 bits per heavy atom. The molecule has 6 nitrogen and oxygen atoms in total. The lowest BCUT2D eigenvalue weighted by molar-refractivity contribution is -0.149. The third-order valence-electron chi connectivity index (χ3n) is 4.80. The molecule has 0 bridgehead atoms. The van der Waals surface area contributed by atoms with E-state index in [0.29, 0.717) is 12.8 Å². The number of thioether (sulfide) groups is 1. The summed E-state index contributed by atoms with van der Waals surface area (Å²) >= 11 is 1.46. The van der Waals surface area contributed by atoms with E-state index in [0.717, 1.165) is 5.56 Å². The van der Waals surface area contributed by atoms with Crippen LogP contribution in [0.2, 0.25) is 0 Å². The number of carbonyl (C=O) groups excluding carboxylic acids is 2. The molecule has 0 aromatic heterocycles. The number of benzene rings is 1. The van der Waals surface area contributed by atoms with Crippen molar-refractivity contribution in [2.75, 3.05) is 6.54 Å². The van der Waals surface area contributed by atoms with E-state index in [2.05, 4.69) is 5.32 Å². The van der Waals surface area contributed by atoms with Gasteiger partial charge in [0.15, 0.2) is 0 Å². The molecule has 1 aromatic rings. The van der Waals surface area contributed by atoms with E-state index in [1.165, 1.54) is 16.7 Å². The first kappa shape index (κ1) is 17.9. The van der Waals surface area contributed by atoms with Crippen molar-refractivity contribution >= 4 is 29.5 Å². The highest BCUT2D eigenvalue weighted by molar-refractivity contribution is 8.01. The van der Waals surface area contributed by atoms with Crippen molar-refractivity contribution in [1.82, 2.24) is 10.2 Å². The molecule has 0 saturated carbocycles. The van der Waals surface area contributed by atoms with Crippen LogP contribution in [0.3, 0.4) is 0 Å². The molecule has 2 fully saturated rings. The second-order valence-electron chi connectivity index (χ2n) is 6.99. The van der Waals surface area contributed by atoms with E-state index in [9.17, 15) is 19.5 Å². The number of carboxylic acids is 1. The summed E-state index contributed by atoms with van der Waals surface area (Å²) in [6.45, 7) is 3.91. The highest BCUT2D eigenvalue weighted by atomic mass is 32.2. The molecule has 134 valence electrons. The SMILES string of the molecule is CC1(C)S[C@@H](CN2C(=O)CCC(c3ccccc3)C2=O)N[C@H]1C(=O)O. The summed E-state index contributed by atoms with van der Waals surface area (Å²) in [5.74, 6) is -1.61. The van der Waals surface area contributed by atoms with Crippen molar-refractivity contribution in [3.05, 3.63) is 35.9 Å². The summed E-state index contributed by atoms with van der Waals surface area (Å²) in [4.78, 5) is 37.8. The number of hydrogen-bond donors (Lipinski definition) is 2. The van der Waals surface area contributed by atoms with Crippen molar-refractivity contribution in [1.29, 1.82) is 0 Å². The van der Waals surface area contributed by atoms with Crippen LogP contribution < -0.4 is 5.32 Å². The van der Waals surface area contributed by atoms with Gasteiger partial charge in [-0.15, -0.1) is 11.8 Å². The first-order chi connectivity index (χ1) is 11.8. The molecule has 3 atom stereocenters. The van der Waals surface area contributed by atoms with Gasteiger partial charge in [-0.05, 0) is 25.8 Å². The first-order valence-corrected chi connectivity index (χ1v) is 9.23. The first-order valence-electron chi connectivity index (χ1n) is 8.35. The van der Waals surface area contributed by atoms with Crippen LogP contribution in [0.4, 0.5) is 0 Å². The zero-order valence-corrected chi connectivity index (χ0v) is 15.1. The fourth-order valence-electron chi connectivity index (χ4n) is 3.50. The Morgan fingerprint density at radius 1 is 1.32 bits per heavy atom. The number of rotatable bonds is 4. The summed E-state index contributed by atoms with van der Waals surface area (Å²) in [5, 5.41) is 12.1. The quantitative estimate of drug-likeness (QED) is 0.795. The van der Waals surface area contributed by atoms with E-state index in [1.54, 1.807) is 0 Å².